The van der Waals surface area contributed by atoms with Crippen molar-refractivity contribution in [3.63, 3.8) is 0 Å². The number of ketones is 1. The summed E-state index contributed by atoms with van der Waals surface area (Å²) in [7, 11) is 4.78. The van der Waals surface area contributed by atoms with Gasteiger partial charge < -0.3 is 19.1 Å². The Hall–Kier alpha value is -3.54. The molecule has 0 fully saturated rings. The third kappa shape index (κ3) is 4.00. The van der Waals surface area contributed by atoms with Crippen LogP contribution in [-0.4, -0.2) is 38.0 Å². The summed E-state index contributed by atoms with van der Waals surface area (Å²) in [5.74, 6) is 1.39. The molecule has 2 aromatic carbocycles. The van der Waals surface area contributed by atoms with Gasteiger partial charge in [0.25, 0.3) is 0 Å². The Bertz CT molecular complexity index is 943. The van der Waals surface area contributed by atoms with Gasteiger partial charge in [0.1, 0.15) is 17.2 Å². The highest BCUT2D eigenvalue weighted by Crippen LogP contribution is 2.34. The molecular weight excluding hydrogens is 346 g/mol. The number of Topliss-reactive ketones (excluding diaryl/α,β-unsaturated/α-hetero) is 1. The number of allylic oxidation sites excluding steroid dienone is 3. The van der Waals surface area contributed by atoms with Crippen LogP contribution in [0.4, 0.5) is 4.79 Å². The molecule has 1 aliphatic rings. The minimum Gasteiger partial charge on any atom is -0.496 e. The second-order valence-corrected chi connectivity index (χ2v) is 5.98. The van der Waals surface area contributed by atoms with Crippen molar-refractivity contribution in [2.75, 3.05) is 21.2 Å². The van der Waals surface area contributed by atoms with Crippen molar-refractivity contribution in [2.45, 2.75) is 0 Å². The molecular formula is C21H19NO5. The van der Waals surface area contributed by atoms with Crippen LogP contribution in [0.15, 0.2) is 60.4 Å². The number of nitrogens with zero attached hydrogens (tertiary/aromatic N) is 1. The zero-order chi connectivity index (χ0) is 19.4. The summed E-state index contributed by atoms with van der Waals surface area (Å²) in [6.45, 7) is 0. The lowest BCUT2D eigenvalue weighted by Crippen LogP contribution is -2.25. The molecule has 2 aromatic rings. The second-order valence-electron chi connectivity index (χ2n) is 5.98. The predicted molar refractivity (Wildman–Crippen MR) is 101 cm³/mol. The molecule has 0 aromatic heterocycles. The number of carbonyl (C=O) groups is 2. The van der Waals surface area contributed by atoms with Crippen LogP contribution < -0.4 is 14.2 Å². The van der Waals surface area contributed by atoms with E-state index in [2.05, 4.69) is 0 Å². The van der Waals surface area contributed by atoms with Crippen LogP contribution in [0.5, 0.6) is 17.2 Å². The van der Waals surface area contributed by atoms with E-state index >= 15 is 0 Å². The third-order valence-electron chi connectivity index (χ3n) is 3.87. The molecule has 1 aliphatic heterocycles. The van der Waals surface area contributed by atoms with E-state index < -0.39 is 6.09 Å². The number of hydrogen-bond donors (Lipinski definition) is 0. The molecule has 0 saturated carbocycles. The van der Waals surface area contributed by atoms with Gasteiger partial charge in [-0.25, -0.2) is 4.79 Å². The molecule has 0 saturated heterocycles. The van der Waals surface area contributed by atoms with Crippen LogP contribution in [0.3, 0.4) is 0 Å². The number of benzene rings is 2. The zero-order valence-corrected chi connectivity index (χ0v) is 15.3. The zero-order valence-electron chi connectivity index (χ0n) is 15.3. The lowest BCUT2D eigenvalue weighted by Gasteiger charge is -2.10. The predicted octanol–water partition coefficient (Wildman–Crippen LogP) is 3.93. The molecule has 1 heterocycles. The van der Waals surface area contributed by atoms with Crippen LogP contribution in [0.2, 0.25) is 0 Å². The molecule has 0 radical (unpaired) electrons. The van der Waals surface area contributed by atoms with E-state index in [-0.39, 0.29) is 11.5 Å². The van der Waals surface area contributed by atoms with Crippen molar-refractivity contribution < 1.29 is 23.8 Å². The standard InChI is InChI=1S/C21H19NO5/c1-22(2)21(24)26-15-11-12-16-19(13-15)27-18(20(16)23)10-6-8-14-7-4-5-9-17(14)25-3/h4-13H,1-3H3/b8-6+,18-10-. The van der Waals surface area contributed by atoms with Gasteiger partial charge in [-0.2, -0.15) is 0 Å². The average molecular weight is 365 g/mol. The maximum absolute atomic E-state index is 12.4. The minimum absolute atomic E-state index is 0.201. The van der Waals surface area contributed by atoms with Crippen molar-refractivity contribution in [2.24, 2.45) is 0 Å². The first kappa shape index (κ1) is 18.3. The molecule has 6 heteroatoms. The van der Waals surface area contributed by atoms with Gasteiger partial charge in [0, 0.05) is 25.7 Å². The Kier molecular flexibility index (Phi) is 5.26. The number of methoxy groups -OCH3 is 1. The average Bonchev–Trinajstić information content (AvgIpc) is 2.97. The minimum atomic E-state index is -0.505. The fraction of sp³-hybridized carbons (Fsp3) is 0.143. The van der Waals surface area contributed by atoms with Crippen LogP contribution in [0, 0.1) is 0 Å². The fourth-order valence-corrected chi connectivity index (χ4v) is 2.48. The summed E-state index contributed by atoms with van der Waals surface area (Å²) in [6, 6.07) is 12.2. The molecule has 0 atom stereocenters. The van der Waals surface area contributed by atoms with E-state index in [1.54, 1.807) is 45.5 Å². The van der Waals surface area contributed by atoms with E-state index in [1.807, 2.05) is 30.3 Å². The van der Waals surface area contributed by atoms with Crippen molar-refractivity contribution in [3.8, 4) is 17.2 Å². The van der Waals surface area contributed by atoms with Gasteiger partial charge in [-0.05, 0) is 24.3 Å². The Labute approximate surface area is 157 Å². The molecule has 0 unspecified atom stereocenters. The van der Waals surface area contributed by atoms with Crippen LogP contribution >= 0.6 is 0 Å². The van der Waals surface area contributed by atoms with E-state index in [0.717, 1.165) is 11.3 Å². The molecule has 0 N–H and O–H groups in total. The maximum atomic E-state index is 12.4. The summed E-state index contributed by atoms with van der Waals surface area (Å²) in [4.78, 5) is 25.4. The molecule has 0 aliphatic carbocycles. The molecule has 0 spiro atoms. The molecule has 138 valence electrons. The molecule has 0 bridgehead atoms. The first-order valence-corrected chi connectivity index (χ1v) is 8.26. The Morgan fingerprint density at radius 1 is 1.15 bits per heavy atom. The Balaban J connectivity index is 1.77. The maximum Gasteiger partial charge on any atom is 0.414 e. The van der Waals surface area contributed by atoms with Crippen molar-refractivity contribution in [3.05, 3.63) is 71.5 Å². The first-order chi connectivity index (χ1) is 13.0. The van der Waals surface area contributed by atoms with Crippen LogP contribution in [-0.2, 0) is 0 Å². The smallest absolute Gasteiger partial charge is 0.414 e. The highest BCUT2D eigenvalue weighted by molar-refractivity contribution is 6.12. The van der Waals surface area contributed by atoms with E-state index in [9.17, 15) is 9.59 Å². The number of amides is 1. The lowest BCUT2D eigenvalue weighted by atomic mass is 10.1. The topological polar surface area (TPSA) is 65.1 Å². The quantitative estimate of drug-likeness (QED) is 0.768. The van der Waals surface area contributed by atoms with Crippen molar-refractivity contribution >= 4 is 18.0 Å². The summed E-state index contributed by atoms with van der Waals surface area (Å²) < 4.78 is 16.1. The number of ether oxygens (including phenoxy) is 3. The van der Waals surface area contributed by atoms with Gasteiger partial charge in [-0.15, -0.1) is 0 Å². The molecule has 6 nitrogen and oxygen atoms in total. The lowest BCUT2D eigenvalue weighted by molar-refractivity contribution is 0.101. The van der Waals surface area contributed by atoms with E-state index in [0.29, 0.717) is 17.1 Å². The summed E-state index contributed by atoms with van der Waals surface area (Å²) in [5.41, 5.74) is 1.31. The molecule has 3 rings (SSSR count). The largest absolute Gasteiger partial charge is 0.496 e. The number of para-hydroxylation sites is 1. The Morgan fingerprint density at radius 3 is 2.67 bits per heavy atom. The monoisotopic (exact) mass is 365 g/mol. The van der Waals surface area contributed by atoms with E-state index in [1.165, 1.54) is 11.0 Å². The SMILES string of the molecule is COc1ccccc1/C=C/C=C1\Oc2cc(OC(=O)N(C)C)ccc2C1=O. The fourth-order valence-electron chi connectivity index (χ4n) is 2.48. The normalized spacial score (nSPS) is 14.2. The number of carbonyl (C=O) groups excluding carboxylic acids is 2. The van der Waals surface area contributed by atoms with Gasteiger partial charge in [-0.1, -0.05) is 30.4 Å². The summed E-state index contributed by atoms with van der Waals surface area (Å²) in [6.07, 6.45) is 4.65. The third-order valence-corrected chi connectivity index (χ3v) is 3.87. The van der Waals surface area contributed by atoms with Crippen molar-refractivity contribution in [1.29, 1.82) is 0 Å². The summed E-state index contributed by atoms with van der Waals surface area (Å²) in [5, 5.41) is 0. The Morgan fingerprint density at radius 2 is 1.93 bits per heavy atom. The highest BCUT2D eigenvalue weighted by atomic mass is 16.6. The van der Waals surface area contributed by atoms with Gasteiger partial charge in [0.15, 0.2) is 5.76 Å². The van der Waals surface area contributed by atoms with Gasteiger partial charge in [-0.3, -0.25) is 4.79 Å². The van der Waals surface area contributed by atoms with Gasteiger partial charge in [0.05, 0.1) is 12.7 Å². The van der Waals surface area contributed by atoms with E-state index in [4.69, 9.17) is 14.2 Å². The van der Waals surface area contributed by atoms with Crippen LogP contribution in [0.1, 0.15) is 15.9 Å². The van der Waals surface area contributed by atoms with Gasteiger partial charge >= 0.3 is 6.09 Å². The highest BCUT2D eigenvalue weighted by Gasteiger charge is 2.27. The van der Waals surface area contributed by atoms with Crippen molar-refractivity contribution in [1.82, 2.24) is 4.90 Å². The molecule has 27 heavy (non-hydrogen) atoms. The number of rotatable bonds is 4. The first-order valence-electron chi connectivity index (χ1n) is 8.26. The second kappa shape index (κ2) is 7.78. The number of fused-ring (bicyclic) bond motifs is 1. The number of hydrogen-bond acceptors (Lipinski definition) is 5. The van der Waals surface area contributed by atoms with Crippen LogP contribution in [0.25, 0.3) is 6.08 Å². The van der Waals surface area contributed by atoms with Gasteiger partial charge in [0.2, 0.25) is 5.78 Å². The molecule has 1 amide bonds. The summed E-state index contributed by atoms with van der Waals surface area (Å²) >= 11 is 0.